The van der Waals surface area contributed by atoms with Crippen molar-refractivity contribution in [2.75, 3.05) is 43.5 Å². The van der Waals surface area contributed by atoms with Crippen molar-refractivity contribution in [1.29, 1.82) is 0 Å². The number of halogens is 1. The highest BCUT2D eigenvalue weighted by atomic mass is 79.9. The van der Waals surface area contributed by atoms with Crippen molar-refractivity contribution in [1.82, 2.24) is 4.90 Å². The van der Waals surface area contributed by atoms with Gasteiger partial charge in [-0.3, -0.25) is 0 Å². The van der Waals surface area contributed by atoms with Gasteiger partial charge in [0.1, 0.15) is 0 Å². The third kappa shape index (κ3) is 3.99. The third-order valence-corrected chi connectivity index (χ3v) is 4.63. The van der Waals surface area contributed by atoms with E-state index in [0.717, 1.165) is 10.2 Å². The van der Waals surface area contributed by atoms with E-state index in [-0.39, 0.29) is 11.8 Å². The fourth-order valence-corrected chi connectivity index (χ4v) is 3.26. The van der Waals surface area contributed by atoms with Crippen molar-refractivity contribution in [3.63, 3.8) is 0 Å². The first-order valence-corrected chi connectivity index (χ1v) is 8.80. The lowest BCUT2D eigenvalue weighted by Crippen LogP contribution is -2.50. The van der Waals surface area contributed by atoms with Crippen molar-refractivity contribution in [2.45, 2.75) is 0 Å². The number of phenols is 1. The van der Waals surface area contributed by atoms with E-state index in [1.807, 2.05) is 36.4 Å². The van der Waals surface area contributed by atoms with Crippen LogP contribution in [-0.2, 0) is 0 Å². The van der Waals surface area contributed by atoms with Gasteiger partial charge in [0.15, 0.2) is 11.5 Å². The standard InChI is InChI=1S/C18H20BrN3O3/c1-25-16-12-13(19)11-15(17(16)23)21-7-9-22(10-8-21)18(24)20-14-5-3-2-4-6-14/h2-6,11-12,23H,7-10H2,1H3,(H,20,24). The van der Waals surface area contributed by atoms with Gasteiger partial charge >= 0.3 is 6.03 Å². The zero-order chi connectivity index (χ0) is 17.8. The monoisotopic (exact) mass is 405 g/mol. The van der Waals surface area contributed by atoms with Crippen LogP contribution in [0, 0.1) is 0 Å². The van der Waals surface area contributed by atoms with E-state index in [1.54, 1.807) is 11.0 Å². The molecule has 0 atom stereocenters. The second-order valence-corrected chi connectivity index (χ2v) is 6.66. The summed E-state index contributed by atoms with van der Waals surface area (Å²) >= 11 is 3.43. The zero-order valence-electron chi connectivity index (χ0n) is 13.9. The summed E-state index contributed by atoms with van der Waals surface area (Å²) < 4.78 is 6.04. The van der Waals surface area contributed by atoms with Gasteiger partial charge in [-0.05, 0) is 24.3 Å². The molecule has 6 nitrogen and oxygen atoms in total. The number of amides is 2. The van der Waals surface area contributed by atoms with Crippen LogP contribution in [0.5, 0.6) is 11.5 Å². The van der Waals surface area contributed by atoms with Gasteiger partial charge in [-0.2, -0.15) is 0 Å². The summed E-state index contributed by atoms with van der Waals surface area (Å²) in [6.45, 7) is 2.42. The number of hydrogen-bond donors (Lipinski definition) is 2. The predicted octanol–water partition coefficient (Wildman–Crippen LogP) is 3.52. The number of nitrogens with zero attached hydrogens (tertiary/aromatic N) is 2. The number of carbonyl (C=O) groups excluding carboxylic acids is 1. The molecule has 1 aliphatic rings. The van der Waals surface area contributed by atoms with E-state index in [1.165, 1.54) is 7.11 Å². The van der Waals surface area contributed by atoms with Gasteiger partial charge in [0.2, 0.25) is 0 Å². The summed E-state index contributed by atoms with van der Waals surface area (Å²) in [5.74, 6) is 0.543. The Bertz CT molecular complexity index is 747. The summed E-state index contributed by atoms with van der Waals surface area (Å²) in [4.78, 5) is 16.2. The number of nitrogens with one attached hydrogen (secondary N) is 1. The topological polar surface area (TPSA) is 65.0 Å². The molecule has 0 radical (unpaired) electrons. The van der Waals surface area contributed by atoms with Crippen LogP contribution in [0.25, 0.3) is 0 Å². The molecule has 25 heavy (non-hydrogen) atoms. The molecule has 2 aromatic carbocycles. The summed E-state index contributed by atoms with van der Waals surface area (Å²) in [5.41, 5.74) is 1.48. The van der Waals surface area contributed by atoms with Crippen LogP contribution in [0.4, 0.5) is 16.2 Å². The number of carbonyl (C=O) groups is 1. The summed E-state index contributed by atoms with van der Waals surface area (Å²) in [7, 11) is 1.52. The number of rotatable bonds is 3. The maximum absolute atomic E-state index is 12.4. The molecular weight excluding hydrogens is 386 g/mol. The van der Waals surface area contributed by atoms with Crippen LogP contribution in [0.2, 0.25) is 0 Å². The lowest BCUT2D eigenvalue weighted by atomic mass is 10.2. The lowest BCUT2D eigenvalue weighted by Gasteiger charge is -2.36. The first kappa shape index (κ1) is 17.4. The molecule has 7 heteroatoms. The second-order valence-electron chi connectivity index (χ2n) is 5.75. The van der Waals surface area contributed by atoms with E-state index in [9.17, 15) is 9.90 Å². The normalized spacial score (nSPS) is 14.3. The molecule has 0 spiro atoms. The second kappa shape index (κ2) is 7.65. The number of benzene rings is 2. The Morgan fingerprint density at radius 2 is 1.84 bits per heavy atom. The van der Waals surface area contributed by atoms with Crippen molar-refractivity contribution in [3.8, 4) is 11.5 Å². The highest BCUT2D eigenvalue weighted by molar-refractivity contribution is 9.10. The first-order chi connectivity index (χ1) is 12.1. The van der Waals surface area contributed by atoms with Crippen molar-refractivity contribution >= 4 is 33.3 Å². The summed E-state index contributed by atoms with van der Waals surface area (Å²) in [5, 5.41) is 13.3. The van der Waals surface area contributed by atoms with Crippen molar-refractivity contribution in [3.05, 3.63) is 46.9 Å². The zero-order valence-corrected chi connectivity index (χ0v) is 15.5. The fourth-order valence-electron chi connectivity index (χ4n) is 2.83. The van der Waals surface area contributed by atoms with Gasteiger partial charge in [0.05, 0.1) is 12.8 Å². The molecular formula is C18H20BrN3O3. The van der Waals surface area contributed by atoms with Gasteiger partial charge in [-0.1, -0.05) is 34.1 Å². The number of piperazine rings is 1. The number of hydrogen-bond acceptors (Lipinski definition) is 4. The average molecular weight is 406 g/mol. The molecule has 2 N–H and O–H groups in total. The Balaban J connectivity index is 1.64. The highest BCUT2D eigenvalue weighted by Crippen LogP contribution is 2.39. The minimum absolute atomic E-state index is 0.109. The number of para-hydroxylation sites is 1. The van der Waals surface area contributed by atoms with Crippen LogP contribution in [-0.4, -0.2) is 49.3 Å². The number of methoxy groups -OCH3 is 1. The van der Waals surface area contributed by atoms with Crippen LogP contribution < -0.4 is 15.0 Å². The fraction of sp³-hybridized carbons (Fsp3) is 0.278. The molecule has 1 heterocycles. The molecule has 0 saturated carbocycles. The largest absolute Gasteiger partial charge is 0.503 e. The van der Waals surface area contributed by atoms with Crippen molar-refractivity contribution in [2.24, 2.45) is 0 Å². The molecule has 2 aromatic rings. The van der Waals surface area contributed by atoms with E-state index >= 15 is 0 Å². The maximum atomic E-state index is 12.4. The number of anilines is 2. The molecule has 0 unspecified atom stereocenters. The van der Waals surface area contributed by atoms with Crippen LogP contribution in [0.15, 0.2) is 46.9 Å². The first-order valence-electron chi connectivity index (χ1n) is 8.01. The van der Waals surface area contributed by atoms with E-state index in [2.05, 4.69) is 26.1 Å². The molecule has 132 valence electrons. The van der Waals surface area contributed by atoms with E-state index < -0.39 is 0 Å². The van der Waals surface area contributed by atoms with Crippen molar-refractivity contribution < 1.29 is 14.6 Å². The predicted molar refractivity (Wildman–Crippen MR) is 102 cm³/mol. The molecule has 1 aliphatic heterocycles. The van der Waals surface area contributed by atoms with Crippen LogP contribution in [0.3, 0.4) is 0 Å². The smallest absolute Gasteiger partial charge is 0.321 e. The molecule has 0 aromatic heterocycles. The lowest BCUT2D eigenvalue weighted by molar-refractivity contribution is 0.208. The Labute approximate surface area is 155 Å². The van der Waals surface area contributed by atoms with E-state index in [0.29, 0.717) is 37.6 Å². The number of phenolic OH excluding ortho intramolecular Hbond substituents is 1. The molecule has 1 saturated heterocycles. The van der Waals surface area contributed by atoms with Gasteiger partial charge in [-0.15, -0.1) is 0 Å². The van der Waals surface area contributed by atoms with E-state index in [4.69, 9.17) is 4.74 Å². The van der Waals surface area contributed by atoms with Gasteiger partial charge in [-0.25, -0.2) is 4.79 Å². The quantitative estimate of drug-likeness (QED) is 0.819. The third-order valence-electron chi connectivity index (χ3n) is 4.17. The molecule has 0 aliphatic carbocycles. The Kier molecular flexibility index (Phi) is 5.33. The summed E-state index contributed by atoms with van der Waals surface area (Å²) in [6, 6.07) is 12.9. The van der Waals surface area contributed by atoms with Gasteiger partial charge < -0.3 is 25.0 Å². The average Bonchev–Trinajstić information content (AvgIpc) is 2.64. The maximum Gasteiger partial charge on any atom is 0.321 e. The van der Waals surface area contributed by atoms with Crippen LogP contribution >= 0.6 is 15.9 Å². The molecule has 2 amide bonds. The van der Waals surface area contributed by atoms with Crippen LogP contribution in [0.1, 0.15) is 0 Å². The Morgan fingerprint density at radius 1 is 1.16 bits per heavy atom. The van der Waals surface area contributed by atoms with Gasteiger partial charge in [0, 0.05) is 36.3 Å². The molecule has 0 bridgehead atoms. The molecule has 1 fully saturated rings. The minimum Gasteiger partial charge on any atom is -0.503 e. The Morgan fingerprint density at radius 3 is 2.48 bits per heavy atom. The summed E-state index contributed by atoms with van der Waals surface area (Å²) in [6.07, 6.45) is 0. The Hall–Kier alpha value is -2.41. The minimum atomic E-state index is -0.109. The highest BCUT2D eigenvalue weighted by Gasteiger charge is 2.24. The molecule has 3 rings (SSSR count). The number of ether oxygens (including phenoxy) is 1. The number of urea groups is 1. The van der Waals surface area contributed by atoms with Gasteiger partial charge in [0.25, 0.3) is 0 Å². The SMILES string of the molecule is COc1cc(Br)cc(N2CCN(C(=O)Nc3ccccc3)CC2)c1O. The number of aromatic hydroxyl groups is 1.